The summed E-state index contributed by atoms with van der Waals surface area (Å²) in [5.74, 6) is 0.864. The Labute approximate surface area is 123 Å². The van der Waals surface area contributed by atoms with Crippen LogP contribution < -0.4 is 5.32 Å². The van der Waals surface area contributed by atoms with E-state index in [1.807, 2.05) is 6.07 Å². The molecule has 1 aromatic heterocycles. The fourth-order valence-corrected chi connectivity index (χ4v) is 4.26. The minimum Gasteiger partial charge on any atom is -0.315 e. The molecule has 2 aromatic rings. The monoisotopic (exact) mass is 285 g/mol. The third-order valence-corrected chi connectivity index (χ3v) is 5.35. The zero-order chi connectivity index (χ0) is 13.4. The standard InChI is InChI=1S/C16H19N3S/c1-2-4-12(5-3-1)14-11-20-16(18-14)10-19-7-6-13-8-17-9-15(13)19/h1-5,11,13,15,17H,6-10H2/t13-,15+/m1/s1. The summed E-state index contributed by atoms with van der Waals surface area (Å²) in [5, 5.41) is 6.94. The number of thiazole rings is 1. The highest BCUT2D eigenvalue weighted by Crippen LogP contribution is 2.30. The summed E-state index contributed by atoms with van der Waals surface area (Å²) in [7, 11) is 0. The number of hydrogen-bond acceptors (Lipinski definition) is 4. The average Bonchev–Trinajstić information content (AvgIpc) is 3.19. The summed E-state index contributed by atoms with van der Waals surface area (Å²) in [5.41, 5.74) is 2.34. The maximum absolute atomic E-state index is 4.81. The summed E-state index contributed by atoms with van der Waals surface area (Å²) < 4.78 is 0. The second-order valence-corrected chi connectivity index (χ2v) is 6.68. The zero-order valence-electron chi connectivity index (χ0n) is 11.5. The molecule has 0 saturated carbocycles. The Bertz CT molecular complexity index is 580. The minimum absolute atomic E-state index is 0.735. The number of nitrogens with one attached hydrogen (secondary N) is 1. The van der Waals surface area contributed by atoms with E-state index in [4.69, 9.17) is 4.98 Å². The summed E-state index contributed by atoms with van der Waals surface area (Å²) in [6, 6.07) is 11.2. The summed E-state index contributed by atoms with van der Waals surface area (Å²) >= 11 is 1.79. The third-order valence-electron chi connectivity index (χ3n) is 4.52. The van der Waals surface area contributed by atoms with Gasteiger partial charge in [-0.2, -0.15) is 0 Å². The predicted octanol–water partition coefficient (Wildman–Crippen LogP) is 2.60. The van der Waals surface area contributed by atoms with Crippen molar-refractivity contribution in [3.05, 3.63) is 40.7 Å². The topological polar surface area (TPSA) is 28.2 Å². The predicted molar refractivity (Wildman–Crippen MR) is 82.7 cm³/mol. The second kappa shape index (κ2) is 5.28. The van der Waals surface area contributed by atoms with Crippen molar-refractivity contribution in [3.8, 4) is 11.3 Å². The van der Waals surface area contributed by atoms with Crippen molar-refractivity contribution in [2.75, 3.05) is 19.6 Å². The molecule has 0 aliphatic carbocycles. The number of likely N-dealkylation sites (tertiary alicyclic amines) is 1. The van der Waals surface area contributed by atoms with E-state index in [1.165, 1.54) is 30.1 Å². The lowest BCUT2D eigenvalue weighted by Gasteiger charge is -2.21. The van der Waals surface area contributed by atoms with E-state index in [0.29, 0.717) is 0 Å². The molecule has 20 heavy (non-hydrogen) atoms. The van der Waals surface area contributed by atoms with Gasteiger partial charge in [0.2, 0.25) is 0 Å². The first kappa shape index (κ1) is 12.5. The molecule has 2 atom stereocenters. The first-order valence-corrected chi connectivity index (χ1v) is 8.23. The van der Waals surface area contributed by atoms with Gasteiger partial charge >= 0.3 is 0 Å². The zero-order valence-corrected chi connectivity index (χ0v) is 12.3. The summed E-state index contributed by atoms with van der Waals surface area (Å²) in [4.78, 5) is 7.42. The molecular formula is C16H19N3S. The van der Waals surface area contributed by atoms with Crippen molar-refractivity contribution in [1.29, 1.82) is 0 Å². The molecule has 0 spiro atoms. The van der Waals surface area contributed by atoms with Crippen LogP contribution in [0.4, 0.5) is 0 Å². The lowest BCUT2D eigenvalue weighted by atomic mass is 10.1. The number of benzene rings is 1. The average molecular weight is 285 g/mol. The van der Waals surface area contributed by atoms with Crippen LogP contribution in [0.15, 0.2) is 35.7 Å². The van der Waals surface area contributed by atoms with E-state index in [9.17, 15) is 0 Å². The molecule has 2 aliphatic heterocycles. The van der Waals surface area contributed by atoms with Crippen LogP contribution in [0, 0.1) is 5.92 Å². The number of nitrogens with zero attached hydrogens (tertiary/aromatic N) is 2. The van der Waals surface area contributed by atoms with Gasteiger partial charge in [0.25, 0.3) is 0 Å². The van der Waals surface area contributed by atoms with E-state index in [0.717, 1.165) is 30.7 Å². The Hall–Kier alpha value is -1.23. The molecule has 3 nitrogen and oxygen atoms in total. The molecule has 3 heterocycles. The van der Waals surface area contributed by atoms with Crippen LogP contribution >= 0.6 is 11.3 Å². The first-order valence-electron chi connectivity index (χ1n) is 7.35. The lowest BCUT2D eigenvalue weighted by Crippen LogP contribution is -2.33. The van der Waals surface area contributed by atoms with Crippen molar-refractivity contribution in [2.24, 2.45) is 5.92 Å². The van der Waals surface area contributed by atoms with Gasteiger partial charge in [-0.1, -0.05) is 30.3 Å². The van der Waals surface area contributed by atoms with E-state index in [-0.39, 0.29) is 0 Å². The molecule has 0 bridgehead atoms. The normalized spacial score (nSPS) is 26.0. The quantitative estimate of drug-likeness (QED) is 0.939. The SMILES string of the molecule is c1ccc(-c2csc(CN3CC[C@@H]4CNC[C@@H]43)n2)cc1. The number of rotatable bonds is 3. The molecule has 0 unspecified atom stereocenters. The Balaban J connectivity index is 1.49. The molecule has 2 fully saturated rings. The maximum Gasteiger partial charge on any atom is 0.107 e. The van der Waals surface area contributed by atoms with Crippen LogP contribution in [0.1, 0.15) is 11.4 Å². The minimum atomic E-state index is 0.735. The van der Waals surface area contributed by atoms with Crippen LogP contribution in [0.5, 0.6) is 0 Å². The lowest BCUT2D eigenvalue weighted by molar-refractivity contribution is 0.244. The molecule has 1 aromatic carbocycles. The van der Waals surface area contributed by atoms with Crippen molar-refractivity contribution in [2.45, 2.75) is 19.0 Å². The van der Waals surface area contributed by atoms with Crippen LogP contribution in [-0.2, 0) is 6.54 Å². The molecule has 2 aliphatic rings. The van der Waals surface area contributed by atoms with E-state index in [2.05, 4.69) is 39.9 Å². The Morgan fingerprint density at radius 2 is 2.15 bits per heavy atom. The molecule has 0 amide bonds. The van der Waals surface area contributed by atoms with Gasteiger partial charge in [-0.15, -0.1) is 11.3 Å². The Kier molecular flexibility index (Phi) is 3.30. The van der Waals surface area contributed by atoms with Crippen LogP contribution in [-0.4, -0.2) is 35.6 Å². The fraction of sp³-hybridized carbons (Fsp3) is 0.438. The molecule has 4 heteroatoms. The van der Waals surface area contributed by atoms with Gasteiger partial charge in [-0.3, -0.25) is 4.90 Å². The number of hydrogen-bond donors (Lipinski definition) is 1. The second-order valence-electron chi connectivity index (χ2n) is 5.74. The van der Waals surface area contributed by atoms with Crippen molar-refractivity contribution < 1.29 is 0 Å². The van der Waals surface area contributed by atoms with Gasteiger partial charge in [0.05, 0.1) is 12.2 Å². The van der Waals surface area contributed by atoms with Crippen LogP contribution in [0.2, 0.25) is 0 Å². The van der Waals surface area contributed by atoms with Gasteiger partial charge in [0, 0.05) is 23.5 Å². The number of fused-ring (bicyclic) bond motifs is 1. The van der Waals surface area contributed by atoms with Gasteiger partial charge in [-0.25, -0.2) is 4.98 Å². The molecule has 4 rings (SSSR count). The van der Waals surface area contributed by atoms with Crippen LogP contribution in [0.25, 0.3) is 11.3 Å². The molecule has 0 radical (unpaired) electrons. The summed E-state index contributed by atoms with van der Waals surface area (Å²) in [6.45, 7) is 4.60. The third kappa shape index (κ3) is 2.28. The summed E-state index contributed by atoms with van der Waals surface area (Å²) in [6.07, 6.45) is 1.34. The Morgan fingerprint density at radius 3 is 3.05 bits per heavy atom. The molecule has 2 saturated heterocycles. The van der Waals surface area contributed by atoms with E-state index < -0.39 is 0 Å². The van der Waals surface area contributed by atoms with Gasteiger partial charge in [0.1, 0.15) is 5.01 Å². The van der Waals surface area contributed by atoms with Crippen molar-refractivity contribution in [1.82, 2.24) is 15.2 Å². The fourth-order valence-electron chi connectivity index (χ4n) is 3.43. The smallest absolute Gasteiger partial charge is 0.107 e. The molecule has 1 N–H and O–H groups in total. The largest absolute Gasteiger partial charge is 0.315 e. The van der Waals surface area contributed by atoms with Crippen LogP contribution in [0.3, 0.4) is 0 Å². The first-order chi connectivity index (χ1) is 9.90. The van der Waals surface area contributed by atoms with Gasteiger partial charge in [0.15, 0.2) is 0 Å². The highest BCUT2D eigenvalue weighted by atomic mass is 32.1. The van der Waals surface area contributed by atoms with Gasteiger partial charge in [-0.05, 0) is 25.4 Å². The molecule has 104 valence electrons. The van der Waals surface area contributed by atoms with Crippen molar-refractivity contribution >= 4 is 11.3 Å². The highest BCUT2D eigenvalue weighted by molar-refractivity contribution is 7.09. The van der Waals surface area contributed by atoms with Crippen molar-refractivity contribution in [3.63, 3.8) is 0 Å². The Morgan fingerprint density at radius 1 is 1.25 bits per heavy atom. The molecular weight excluding hydrogens is 266 g/mol. The van der Waals surface area contributed by atoms with E-state index >= 15 is 0 Å². The number of aromatic nitrogens is 1. The maximum atomic E-state index is 4.81. The highest BCUT2D eigenvalue weighted by Gasteiger charge is 2.37. The van der Waals surface area contributed by atoms with E-state index in [1.54, 1.807) is 11.3 Å². The van der Waals surface area contributed by atoms with Gasteiger partial charge < -0.3 is 5.32 Å².